The Bertz CT molecular complexity index is 740. The average molecular weight is 305 g/mol. The molecule has 23 heavy (non-hydrogen) atoms. The van der Waals surface area contributed by atoms with Crippen LogP contribution in [0.25, 0.3) is 11.1 Å². The molecule has 0 bridgehead atoms. The molecular formula is C19H19N3O. The summed E-state index contributed by atoms with van der Waals surface area (Å²) in [6.07, 6.45) is 3.71. The molecule has 0 aliphatic rings. The highest BCUT2D eigenvalue weighted by molar-refractivity contribution is 5.62. The van der Waals surface area contributed by atoms with Crippen LogP contribution in [0.3, 0.4) is 0 Å². The largest absolute Gasteiger partial charge is 0.497 e. The van der Waals surface area contributed by atoms with E-state index >= 15 is 0 Å². The Hall–Kier alpha value is -2.88. The maximum Gasteiger partial charge on any atom is 0.225 e. The van der Waals surface area contributed by atoms with E-state index < -0.39 is 0 Å². The number of methoxy groups -OCH3 is 1. The summed E-state index contributed by atoms with van der Waals surface area (Å²) < 4.78 is 5.17. The third-order valence-electron chi connectivity index (χ3n) is 3.67. The van der Waals surface area contributed by atoms with Crippen molar-refractivity contribution in [1.82, 2.24) is 9.97 Å². The number of nitrogens with zero attached hydrogens (tertiary/aromatic N) is 3. The zero-order valence-corrected chi connectivity index (χ0v) is 13.3. The predicted molar refractivity (Wildman–Crippen MR) is 92.6 cm³/mol. The van der Waals surface area contributed by atoms with Crippen molar-refractivity contribution in [1.29, 1.82) is 0 Å². The molecule has 0 fully saturated rings. The van der Waals surface area contributed by atoms with Crippen LogP contribution in [0.2, 0.25) is 0 Å². The molecule has 3 rings (SSSR count). The highest BCUT2D eigenvalue weighted by Crippen LogP contribution is 2.22. The summed E-state index contributed by atoms with van der Waals surface area (Å²) in [5.41, 5.74) is 3.30. The predicted octanol–water partition coefficient (Wildman–Crippen LogP) is 3.79. The van der Waals surface area contributed by atoms with Gasteiger partial charge in [0.1, 0.15) is 5.75 Å². The first-order chi connectivity index (χ1) is 11.3. The van der Waals surface area contributed by atoms with Crippen LogP contribution in [0.1, 0.15) is 5.56 Å². The minimum Gasteiger partial charge on any atom is -0.497 e. The van der Waals surface area contributed by atoms with Crippen molar-refractivity contribution in [3.8, 4) is 16.9 Å². The van der Waals surface area contributed by atoms with Crippen LogP contribution < -0.4 is 9.64 Å². The van der Waals surface area contributed by atoms with E-state index in [0.717, 1.165) is 23.4 Å². The van der Waals surface area contributed by atoms with Gasteiger partial charge in [-0.3, -0.25) is 0 Å². The van der Waals surface area contributed by atoms with E-state index in [-0.39, 0.29) is 0 Å². The lowest BCUT2D eigenvalue weighted by atomic mass is 10.1. The van der Waals surface area contributed by atoms with Gasteiger partial charge in [0.2, 0.25) is 5.95 Å². The third kappa shape index (κ3) is 3.66. The SMILES string of the molecule is COc1ccc(-c2cnc(N(C)Cc3ccccc3)nc2)cc1. The number of ether oxygens (including phenoxy) is 1. The second kappa shape index (κ2) is 6.92. The molecule has 1 aromatic heterocycles. The Balaban J connectivity index is 1.73. The fraction of sp³-hybridized carbons (Fsp3) is 0.158. The molecule has 0 saturated heterocycles. The van der Waals surface area contributed by atoms with Crippen molar-refractivity contribution in [2.24, 2.45) is 0 Å². The molecule has 0 aliphatic carbocycles. The molecule has 0 saturated carbocycles. The first-order valence-electron chi connectivity index (χ1n) is 7.48. The number of hydrogen-bond donors (Lipinski definition) is 0. The lowest BCUT2D eigenvalue weighted by molar-refractivity contribution is 0.415. The van der Waals surface area contributed by atoms with Gasteiger partial charge in [-0.2, -0.15) is 0 Å². The summed E-state index contributed by atoms with van der Waals surface area (Å²) in [6, 6.07) is 18.2. The standard InChI is InChI=1S/C19H19N3O/c1-22(14-15-6-4-3-5-7-15)19-20-12-17(13-21-19)16-8-10-18(23-2)11-9-16/h3-13H,14H2,1-2H3. The fourth-order valence-corrected chi connectivity index (χ4v) is 2.38. The van der Waals surface area contributed by atoms with Gasteiger partial charge in [0, 0.05) is 31.5 Å². The van der Waals surface area contributed by atoms with Crippen LogP contribution in [0.15, 0.2) is 67.0 Å². The lowest BCUT2D eigenvalue weighted by Crippen LogP contribution is -2.18. The van der Waals surface area contributed by atoms with Crippen molar-refractivity contribution >= 4 is 5.95 Å². The first kappa shape index (κ1) is 15.0. The molecule has 1 heterocycles. The van der Waals surface area contributed by atoms with Crippen molar-refractivity contribution in [2.45, 2.75) is 6.54 Å². The molecule has 0 unspecified atom stereocenters. The maximum atomic E-state index is 5.17. The molecule has 0 N–H and O–H groups in total. The minimum atomic E-state index is 0.714. The number of hydrogen-bond acceptors (Lipinski definition) is 4. The van der Waals surface area contributed by atoms with E-state index in [1.165, 1.54) is 5.56 Å². The van der Waals surface area contributed by atoms with Crippen LogP contribution in [0.4, 0.5) is 5.95 Å². The van der Waals surface area contributed by atoms with E-state index in [4.69, 9.17) is 4.74 Å². The summed E-state index contributed by atoms with van der Waals surface area (Å²) in [5.74, 6) is 1.56. The van der Waals surface area contributed by atoms with Gasteiger partial charge in [-0.15, -0.1) is 0 Å². The molecule has 2 aromatic carbocycles. The fourth-order valence-electron chi connectivity index (χ4n) is 2.38. The second-order valence-corrected chi connectivity index (χ2v) is 5.34. The van der Waals surface area contributed by atoms with Crippen LogP contribution in [0.5, 0.6) is 5.75 Å². The van der Waals surface area contributed by atoms with Crippen LogP contribution in [0, 0.1) is 0 Å². The van der Waals surface area contributed by atoms with E-state index in [9.17, 15) is 0 Å². The van der Waals surface area contributed by atoms with Crippen LogP contribution in [-0.4, -0.2) is 24.1 Å². The van der Waals surface area contributed by atoms with Gasteiger partial charge >= 0.3 is 0 Å². The van der Waals surface area contributed by atoms with Crippen molar-refractivity contribution < 1.29 is 4.74 Å². The second-order valence-electron chi connectivity index (χ2n) is 5.34. The number of rotatable bonds is 5. The Morgan fingerprint density at radius 3 is 2.13 bits per heavy atom. The minimum absolute atomic E-state index is 0.714. The Labute approximate surface area is 136 Å². The van der Waals surface area contributed by atoms with Crippen molar-refractivity contribution in [3.63, 3.8) is 0 Å². The van der Waals surface area contributed by atoms with Crippen molar-refractivity contribution in [3.05, 3.63) is 72.6 Å². The summed E-state index contributed by atoms with van der Waals surface area (Å²) in [6.45, 7) is 0.780. The smallest absolute Gasteiger partial charge is 0.225 e. The van der Waals surface area contributed by atoms with Gasteiger partial charge in [0.25, 0.3) is 0 Å². The number of anilines is 1. The average Bonchev–Trinajstić information content (AvgIpc) is 2.63. The van der Waals surface area contributed by atoms with E-state index in [1.807, 2.05) is 66.8 Å². The highest BCUT2D eigenvalue weighted by atomic mass is 16.5. The molecule has 4 nitrogen and oxygen atoms in total. The third-order valence-corrected chi connectivity index (χ3v) is 3.67. The quantitative estimate of drug-likeness (QED) is 0.719. The maximum absolute atomic E-state index is 5.17. The lowest BCUT2D eigenvalue weighted by Gasteiger charge is -2.17. The summed E-state index contributed by atoms with van der Waals surface area (Å²) in [7, 11) is 3.66. The van der Waals surface area contributed by atoms with Gasteiger partial charge in [-0.1, -0.05) is 42.5 Å². The van der Waals surface area contributed by atoms with Gasteiger partial charge in [-0.05, 0) is 23.3 Å². The molecule has 3 aromatic rings. The summed E-state index contributed by atoms with van der Waals surface area (Å²) >= 11 is 0. The molecule has 0 atom stereocenters. The Morgan fingerprint density at radius 1 is 0.870 bits per heavy atom. The monoisotopic (exact) mass is 305 g/mol. The van der Waals surface area contributed by atoms with E-state index in [0.29, 0.717) is 5.95 Å². The molecule has 116 valence electrons. The van der Waals surface area contributed by atoms with E-state index in [2.05, 4.69) is 22.1 Å². The van der Waals surface area contributed by atoms with Gasteiger partial charge < -0.3 is 9.64 Å². The zero-order chi connectivity index (χ0) is 16.1. The van der Waals surface area contributed by atoms with Crippen LogP contribution >= 0.6 is 0 Å². The van der Waals surface area contributed by atoms with Gasteiger partial charge in [0.15, 0.2) is 0 Å². The summed E-state index contributed by atoms with van der Waals surface area (Å²) in [5, 5.41) is 0. The number of benzene rings is 2. The molecular weight excluding hydrogens is 286 g/mol. The Kier molecular flexibility index (Phi) is 4.52. The molecule has 0 spiro atoms. The zero-order valence-electron chi connectivity index (χ0n) is 13.3. The highest BCUT2D eigenvalue weighted by Gasteiger charge is 2.06. The Morgan fingerprint density at radius 2 is 1.52 bits per heavy atom. The van der Waals surface area contributed by atoms with Gasteiger partial charge in [-0.25, -0.2) is 9.97 Å². The van der Waals surface area contributed by atoms with E-state index in [1.54, 1.807) is 7.11 Å². The van der Waals surface area contributed by atoms with Crippen LogP contribution in [-0.2, 0) is 6.54 Å². The normalized spacial score (nSPS) is 10.3. The molecule has 0 amide bonds. The first-order valence-corrected chi connectivity index (χ1v) is 7.48. The summed E-state index contributed by atoms with van der Waals surface area (Å²) in [4.78, 5) is 11.0. The molecule has 4 heteroatoms. The van der Waals surface area contributed by atoms with Crippen molar-refractivity contribution in [2.75, 3.05) is 19.1 Å². The molecule has 0 radical (unpaired) electrons. The number of aromatic nitrogens is 2. The topological polar surface area (TPSA) is 38.2 Å². The molecule has 0 aliphatic heterocycles. The van der Waals surface area contributed by atoms with Gasteiger partial charge in [0.05, 0.1) is 7.11 Å².